The summed E-state index contributed by atoms with van der Waals surface area (Å²) >= 11 is 6.34. The van der Waals surface area contributed by atoms with Crippen LogP contribution in [0.4, 0.5) is 5.82 Å². The van der Waals surface area contributed by atoms with Crippen molar-refractivity contribution >= 4 is 23.3 Å². The van der Waals surface area contributed by atoms with E-state index in [0.717, 1.165) is 25.3 Å². The summed E-state index contributed by atoms with van der Waals surface area (Å²) in [6.07, 6.45) is 9.25. The Hall–Kier alpha value is -1.33. The molecule has 1 amide bonds. The lowest BCUT2D eigenvalue weighted by Crippen LogP contribution is -2.48. The molecule has 2 fully saturated rings. The third-order valence-corrected chi connectivity index (χ3v) is 5.24. The molecule has 0 radical (unpaired) electrons. The molecule has 0 bridgehead atoms. The molecular formula is C17H25ClN4O. The number of anilines is 1. The lowest BCUT2D eigenvalue weighted by Gasteiger charge is -2.39. The van der Waals surface area contributed by atoms with Gasteiger partial charge in [-0.2, -0.15) is 0 Å². The predicted molar refractivity (Wildman–Crippen MR) is 93.0 cm³/mol. The molecule has 5 nitrogen and oxygen atoms in total. The van der Waals surface area contributed by atoms with Crippen molar-refractivity contribution in [3.8, 4) is 0 Å². The van der Waals surface area contributed by atoms with Crippen molar-refractivity contribution in [1.82, 2.24) is 9.88 Å². The van der Waals surface area contributed by atoms with Gasteiger partial charge in [0.25, 0.3) is 0 Å². The smallest absolute Gasteiger partial charge is 0.250 e. The minimum Gasteiger partial charge on any atom is -0.366 e. The number of rotatable bonds is 3. The molecular weight excluding hydrogens is 312 g/mol. The van der Waals surface area contributed by atoms with E-state index in [-0.39, 0.29) is 0 Å². The Bertz CT molecular complexity index is 558. The first-order valence-corrected chi connectivity index (χ1v) is 8.97. The molecule has 6 heteroatoms. The minimum atomic E-state index is -0.493. The van der Waals surface area contributed by atoms with Crippen molar-refractivity contribution in [2.24, 2.45) is 5.73 Å². The van der Waals surface area contributed by atoms with Crippen LogP contribution in [0, 0.1) is 0 Å². The standard InChI is InChI=1S/C17H25ClN4O/c18-15-10-13(16(19)23)11-20-17(15)22-9-5-6-14(12-22)21-7-3-1-2-4-8-21/h10-11,14H,1-9,12H2,(H2,19,23). The van der Waals surface area contributed by atoms with Crippen molar-refractivity contribution in [2.45, 2.75) is 44.6 Å². The van der Waals surface area contributed by atoms with Gasteiger partial charge in [0, 0.05) is 25.3 Å². The first-order valence-electron chi connectivity index (χ1n) is 8.59. The van der Waals surface area contributed by atoms with Crippen LogP contribution >= 0.6 is 11.6 Å². The zero-order valence-corrected chi connectivity index (χ0v) is 14.3. The van der Waals surface area contributed by atoms with Crippen LogP contribution in [0.25, 0.3) is 0 Å². The third kappa shape index (κ3) is 3.96. The SMILES string of the molecule is NC(=O)c1cnc(N2CCCC(N3CCCCCC3)C2)c(Cl)c1. The maximum absolute atomic E-state index is 11.2. The second-order valence-corrected chi connectivity index (χ2v) is 6.99. The van der Waals surface area contributed by atoms with Gasteiger partial charge in [0.1, 0.15) is 5.82 Å². The van der Waals surface area contributed by atoms with E-state index in [2.05, 4.69) is 14.8 Å². The minimum absolute atomic E-state index is 0.361. The van der Waals surface area contributed by atoms with Gasteiger partial charge < -0.3 is 10.6 Å². The highest BCUT2D eigenvalue weighted by molar-refractivity contribution is 6.33. The molecule has 23 heavy (non-hydrogen) atoms. The molecule has 0 spiro atoms. The van der Waals surface area contributed by atoms with Crippen LogP contribution in [0.15, 0.2) is 12.3 Å². The summed E-state index contributed by atoms with van der Waals surface area (Å²) < 4.78 is 0. The highest BCUT2D eigenvalue weighted by Crippen LogP contribution is 2.28. The molecule has 2 aliphatic heterocycles. The van der Waals surface area contributed by atoms with Crippen LogP contribution < -0.4 is 10.6 Å². The lowest BCUT2D eigenvalue weighted by atomic mass is 10.0. The number of carbonyl (C=O) groups is 1. The van der Waals surface area contributed by atoms with Gasteiger partial charge in [0.15, 0.2) is 0 Å². The number of hydrogen-bond donors (Lipinski definition) is 1. The van der Waals surface area contributed by atoms with Gasteiger partial charge in [-0.15, -0.1) is 0 Å². The second kappa shape index (κ2) is 7.49. The molecule has 126 valence electrons. The Kier molecular flexibility index (Phi) is 5.38. The number of primary amides is 1. The molecule has 2 N–H and O–H groups in total. The number of amides is 1. The van der Waals surface area contributed by atoms with Crippen LogP contribution in [0.5, 0.6) is 0 Å². The van der Waals surface area contributed by atoms with E-state index in [4.69, 9.17) is 17.3 Å². The fraction of sp³-hybridized carbons (Fsp3) is 0.647. The van der Waals surface area contributed by atoms with E-state index < -0.39 is 5.91 Å². The highest BCUT2D eigenvalue weighted by atomic mass is 35.5. The number of halogens is 1. The van der Waals surface area contributed by atoms with Gasteiger partial charge in [-0.1, -0.05) is 24.4 Å². The van der Waals surface area contributed by atoms with Crippen molar-refractivity contribution in [3.05, 3.63) is 22.8 Å². The largest absolute Gasteiger partial charge is 0.366 e. The molecule has 0 aliphatic carbocycles. The Morgan fingerprint density at radius 3 is 2.57 bits per heavy atom. The zero-order chi connectivity index (χ0) is 16.2. The summed E-state index contributed by atoms with van der Waals surface area (Å²) in [4.78, 5) is 20.5. The number of aromatic nitrogens is 1. The molecule has 3 rings (SSSR count). The zero-order valence-electron chi connectivity index (χ0n) is 13.5. The summed E-state index contributed by atoms with van der Waals surface area (Å²) in [5.74, 6) is 0.281. The molecule has 1 unspecified atom stereocenters. The lowest BCUT2D eigenvalue weighted by molar-refractivity contribution is 0.1000. The van der Waals surface area contributed by atoms with Crippen molar-refractivity contribution in [2.75, 3.05) is 31.1 Å². The van der Waals surface area contributed by atoms with Gasteiger partial charge in [-0.05, 0) is 44.8 Å². The summed E-state index contributed by atoms with van der Waals surface area (Å²) in [5.41, 5.74) is 5.65. The fourth-order valence-electron chi connectivity index (χ4n) is 3.70. The molecule has 1 aromatic rings. The number of nitrogens with two attached hydrogens (primary N) is 1. The first kappa shape index (κ1) is 16.5. The average Bonchev–Trinajstić information content (AvgIpc) is 2.84. The molecule has 1 aromatic heterocycles. The Balaban J connectivity index is 1.71. The number of hydrogen-bond acceptors (Lipinski definition) is 4. The fourth-order valence-corrected chi connectivity index (χ4v) is 3.99. The molecule has 0 aromatic carbocycles. The first-order chi connectivity index (χ1) is 11.1. The van der Waals surface area contributed by atoms with Gasteiger partial charge in [0.05, 0.1) is 10.6 Å². The normalized spacial score (nSPS) is 23.5. The molecule has 0 saturated carbocycles. The van der Waals surface area contributed by atoms with E-state index >= 15 is 0 Å². The van der Waals surface area contributed by atoms with E-state index in [0.29, 0.717) is 16.6 Å². The van der Waals surface area contributed by atoms with E-state index in [1.165, 1.54) is 51.4 Å². The van der Waals surface area contributed by atoms with Crippen LogP contribution in [-0.4, -0.2) is 48.0 Å². The summed E-state index contributed by atoms with van der Waals surface area (Å²) in [6, 6.07) is 2.21. The van der Waals surface area contributed by atoms with Gasteiger partial charge >= 0.3 is 0 Å². The number of likely N-dealkylation sites (tertiary alicyclic amines) is 1. The molecule has 2 saturated heterocycles. The van der Waals surface area contributed by atoms with Crippen LogP contribution in [0.2, 0.25) is 5.02 Å². The number of piperidine rings is 1. The maximum atomic E-state index is 11.2. The number of nitrogens with zero attached hydrogens (tertiary/aromatic N) is 3. The van der Waals surface area contributed by atoms with Crippen molar-refractivity contribution in [3.63, 3.8) is 0 Å². The van der Waals surface area contributed by atoms with Crippen LogP contribution in [-0.2, 0) is 0 Å². The Morgan fingerprint density at radius 1 is 1.17 bits per heavy atom. The molecule has 3 heterocycles. The third-order valence-electron chi connectivity index (χ3n) is 4.96. The molecule has 2 aliphatic rings. The van der Waals surface area contributed by atoms with E-state index in [1.807, 2.05) is 0 Å². The number of carbonyl (C=O) groups excluding carboxylic acids is 1. The summed E-state index contributed by atoms with van der Waals surface area (Å²) in [5, 5.41) is 0.512. The van der Waals surface area contributed by atoms with E-state index in [1.54, 1.807) is 6.07 Å². The average molecular weight is 337 g/mol. The Morgan fingerprint density at radius 2 is 1.91 bits per heavy atom. The van der Waals surface area contributed by atoms with Crippen LogP contribution in [0.3, 0.4) is 0 Å². The summed E-state index contributed by atoms with van der Waals surface area (Å²) in [7, 11) is 0. The predicted octanol–water partition coefficient (Wildman–Crippen LogP) is 2.68. The van der Waals surface area contributed by atoms with Crippen LogP contribution in [0.1, 0.15) is 48.9 Å². The second-order valence-electron chi connectivity index (χ2n) is 6.59. The van der Waals surface area contributed by atoms with Crippen molar-refractivity contribution in [1.29, 1.82) is 0 Å². The van der Waals surface area contributed by atoms with Crippen molar-refractivity contribution < 1.29 is 4.79 Å². The molecule has 1 atom stereocenters. The monoisotopic (exact) mass is 336 g/mol. The van der Waals surface area contributed by atoms with E-state index in [9.17, 15) is 4.79 Å². The highest BCUT2D eigenvalue weighted by Gasteiger charge is 2.27. The van der Waals surface area contributed by atoms with Gasteiger partial charge in [0.2, 0.25) is 5.91 Å². The Labute approximate surface area is 142 Å². The van der Waals surface area contributed by atoms with Gasteiger partial charge in [-0.25, -0.2) is 4.98 Å². The van der Waals surface area contributed by atoms with Gasteiger partial charge in [-0.3, -0.25) is 9.69 Å². The summed E-state index contributed by atoms with van der Waals surface area (Å²) in [6.45, 7) is 4.34. The number of pyridine rings is 1. The quantitative estimate of drug-likeness (QED) is 0.921. The topological polar surface area (TPSA) is 62.5 Å². The maximum Gasteiger partial charge on any atom is 0.250 e.